The van der Waals surface area contributed by atoms with Crippen molar-refractivity contribution in [3.8, 4) is 19.5 Å². The minimum atomic E-state index is 1.25. The molecule has 0 aliphatic rings. The van der Waals surface area contributed by atoms with E-state index in [9.17, 15) is 0 Å². The van der Waals surface area contributed by atoms with Gasteiger partial charge in [-0.25, -0.2) is 0 Å². The van der Waals surface area contributed by atoms with E-state index in [4.69, 9.17) is 0 Å². The van der Waals surface area contributed by atoms with Gasteiger partial charge in [-0.15, -0.1) is 34.0 Å². The van der Waals surface area contributed by atoms with Crippen molar-refractivity contribution in [1.29, 1.82) is 0 Å². The second-order valence-corrected chi connectivity index (χ2v) is 15.3. The maximum absolute atomic E-state index is 2.49. The number of hydrogen-bond donors (Lipinski definition) is 0. The van der Waals surface area contributed by atoms with E-state index < -0.39 is 0 Å². The molecule has 0 atom stereocenters. The summed E-state index contributed by atoms with van der Waals surface area (Å²) in [6, 6.07) is 9.67. The summed E-state index contributed by atoms with van der Waals surface area (Å²) in [6.45, 7) is 6.93. The molecule has 0 saturated carbocycles. The lowest BCUT2D eigenvalue weighted by Crippen LogP contribution is -1.86. The van der Waals surface area contributed by atoms with Crippen LogP contribution in [-0.4, -0.2) is 0 Å². The fraction of sp³-hybridized carbons (Fsp3) is 0.676. The lowest BCUT2D eigenvalue weighted by Gasteiger charge is -2.02. The summed E-state index contributed by atoms with van der Waals surface area (Å²) in [5.41, 5.74) is 3.13. The van der Waals surface area contributed by atoms with Crippen molar-refractivity contribution in [2.45, 2.75) is 162 Å². The van der Waals surface area contributed by atoms with Gasteiger partial charge in [0.1, 0.15) is 0 Å². The van der Waals surface area contributed by atoms with Crippen molar-refractivity contribution in [1.82, 2.24) is 0 Å². The van der Waals surface area contributed by atoms with Crippen molar-refractivity contribution in [2.75, 3.05) is 0 Å². The summed E-state index contributed by atoms with van der Waals surface area (Å²) in [7, 11) is 0. The maximum atomic E-state index is 2.49. The molecule has 0 nitrogen and oxygen atoms in total. The molecule has 3 aromatic rings. The van der Waals surface area contributed by atoms with Gasteiger partial charge in [-0.05, 0) is 73.4 Å². The zero-order valence-corrected chi connectivity index (χ0v) is 28.6. The highest BCUT2D eigenvalue weighted by molar-refractivity contribution is 7.26. The third-order valence-corrected chi connectivity index (χ3v) is 11.9. The van der Waals surface area contributed by atoms with Crippen molar-refractivity contribution in [3.05, 3.63) is 45.6 Å². The summed E-state index contributed by atoms with van der Waals surface area (Å²) in [6.07, 6.45) is 30.8. The van der Waals surface area contributed by atoms with Crippen molar-refractivity contribution in [2.24, 2.45) is 0 Å². The van der Waals surface area contributed by atoms with E-state index in [-0.39, 0.29) is 0 Å². The Kier molecular flexibility index (Phi) is 17.6. The first-order valence-corrected chi connectivity index (χ1v) is 19.5. The van der Waals surface area contributed by atoms with Crippen LogP contribution < -0.4 is 0 Å². The highest BCUT2D eigenvalue weighted by Crippen LogP contribution is 2.41. The van der Waals surface area contributed by atoms with Crippen molar-refractivity contribution < 1.29 is 0 Å². The Bertz CT molecular complexity index is 1020. The SMILES string of the molecule is CCCCCCCCCCCCc1csc(-c2ccc(-c3cc(CCCCCCCCCCCC)c(C)s3)s2)c1. The van der Waals surface area contributed by atoms with Crippen LogP contribution in [0.5, 0.6) is 0 Å². The van der Waals surface area contributed by atoms with Gasteiger partial charge in [0.05, 0.1) is 0 Å². The van der Waals surface area contributed by atoms with Gasteiger partial charge < -0.3 is 0 Å². The largest absolute Gasteiger partial charge is 0.143 e. The number of hydrogen-bond acceptors (Lipinski definition) is 3. The van der Waals surface area contributed by atoms with Crippen LogP contribution >= 0.6 is 34.0 Å². The predicted molar refractivity (Wildman–Crippen MR) is 187 cm³/mol. The molecule has 3 rings (SSSR count). The zero-order valence-electron chi connectivity index (χ0n) is 26.2. The molecule has 40 heavy (non-hydrogen) atoms. The van der Waals surface area contributed by atoms with Crippen LogP contribution in [0.4, 0.5) is 0 Å². The van der Waals surface area contributed by atoms with E-state index in [1.165, 1.54) is 166 Å². The number of unbranched alkanes of at least 4 members (excludes halogenated alkanes) is 18. The topological polar surface area (TPSA) is 0 Å². The first-order chi connectivity index (χ1) is 19.7. The first-order valence-electron chi connectivity index (χ1n) is 17.0. The monoisotopic (exact) mass is 598 g/mol. The highest BCUT2D eigenvalue weighted by atomic mass is 32.1. The van der Waals surface area contributed by atoms with Crippen molar-refractivity contribution in [3.63, 3.8) is 0 Å². The van der Waals surface area contributed by atoms with Gasteiger partial charge in [0.2, 0.25) is 0 Å². The molecule has 0 fully saturated rings. The lowest BCUT2D eigenvalue weighted by molar-refractivity contribution is 0.556. The van der Waals surface area contributed by atoms with Crippen LogP contribution in [0, 0.1) is 6.92 Å². The molecule has 224 valence electrons. The minimum Gasteiger partial charge on any atom is -0.143 e. The standard InChI is InChI=1S/C37H58S3/c1-4-6-8-10-12-14-16-18-20-22-24-32-28-36(38-30-32)34-26-27-35(40-34)37-29-33(31(3)39-37)25-23-21-19-17-15-13-11-9-7-5-2/h26-30H,4-25H2,1-3H3. The minimum absolute atomic E-state index is 1.25. The van der Waals surface area contributed by atoms with Crippen LogP contribution in [0.15, 0.2) is 29.6 Å². The molecule has 0 aliphatic carbocycles. The average Bonchev–Trinajstić information content (AvgIpc) is 3.71. The van der Waals surface area contributed by atoms with Crippen LogP contribution in [0.1, 0.15) is 158 Å². The predicted octanol–water partition coefficient (Wildman–Crippen LogP) is 14.4. The molecular formula is C37H58S3. The van der Waals surface area contributed by atoms with E-state index >= 15 is 0 Å². The molecule has 3 aromatic heterocycles. The lowest BCUT2D eigenvalue weighted by atomic mass is 10.0. The van der Waals surface area contributed by atoms with Gasteiger partial charge in [0.25, 0.3) is 0 Å². The Hall–Kier alpha value is -0.900. The fourth-order valence-corrected chi connectivity index (χ4v) is 8.95. The molecule has 0 unspecified atom stereocenters. The van der Waals surface area contributed by atoms with Gasteiger partial charge in [-0.2, -0.15) is 0 Å². The quantitative estimate of drug-likeness (QED) is 0.0900. The van der Waals surface area contributed by atoms with Gasteiger partial charge in [-0.3, -0.25) is 0 Å². The number of rotatable bonds is 24. The molecule has 3 heteroatoms. The van der Waals surface area contributed by atoms with Crippen LogP contribution in [0.3, 0.4) is 0 Å². The van der Waals surface area contributed by atoms with Crippen LogP contribution in [-0.2, 0) is 12.8 Å². The summed E-state index contributed by atoms with van der Waals surface area (Å²) in [4.78, 5) is 7.34. The molecule has 0 aromatic carbocycles. The van der Waals surface area contributed by atoms with E-state index in [1.54, 1.807) is 11.1 Å². The molecule has 3 heterocycles. The van der Waals surface area contributed by atoms with Crippen LogP contribution in [0.2, 0.25) is 0 Å². The Balaban J connectivity index is 1.33. The summed E-state index contributed by atoms with van der Waals surface area (Å²) >= 11 is 5.92. The van der Waals surface area contributed by atoms with Crippen LogP contribution in [0.25, 0.3) is 19.5 Å². The summed E-state index contributed by atoms with van der Waals surface area (Å²) in [5, 5.41) is 2.41. The third kappa shape index (κ3) is 13.0. The second kappa shape index (κ2) is 20.9. The van der Waals surface area contributed by atoms with E-state index in [0.717, 1.165) is 0 Å². The second-order valence-electron chi connectivity index (χ2n) is 12.0. The smallest absolute Gasteiger partial charge is 0.0449 e. The Morgan fingerprint density at radius 2 is 0.950 bits per heavy atom. The Morgan fingerprint density at radius 1 is 0.475 bits per heavy atom. The van der Waals surface area contributed by atoms with Crippen molar-refractivity contribution >= 4 is 34.0 Å². The summed E-state index contributed by atoms with van der Waals surface area (Å²) in [5.74, 6) is 0. The molecule has 0 spiro atoms. The Labute approximate surface area is 260 Å². The Morgan fingerprint density at radius 3 is 1.50 bits per heavy atom. The molecule has 0 aliphatic heterocycles. The zero-order chi connectivity index (χ0) is 28.3. The molecule has 0 bridgehead atoms. The van der Waals surface area contributed by atoms with Gasteiger partial charge in [0, 0.05) is 24.4 Å². The molecule has 0 saturated heterocycles. The van der Waals surface area contributed by atoms with E-state index in [2.05, 4.69) is 50.4 Å². The van der Waals surface area contributed by atoms with E-state index in [0.29, 0.717) is 0 Å². The maximum Gasteiger partial charge on any atom is 0.0449 e. The normalized spacial score (nSPS) is 11.6. The number of thiophene rings is 3. The van der Waals surface area contributed by atoms with Gasteiger partial charge >= 0.3 is 0 Å². The van der Waals surface area contributed by atoms with Gasteiger partial charge in [0.15, 0.2) is 0 Å². The van der Waals surface area contributed by atoms with E-state index in [1.807, 2.05) is 34.0 Å². The summed E-state index contributed by atoms with van der Waals surface area (Å²) < 4.78 is 0. The fourth-order valence-electron chi connectivity index (χ4n) is 5.75. The van der Waals surface area contributed by atoms with Gasteiger partial charge in [-0.1, -0.05) is 129 Å². The molecule has 0 amide bonds. The molecule has 0 radical (unpaired) electrons. The highest BCUT2D eigenvalue weighted by Gasteiger charge is 2.12. The molecular weight excluding hydrogens is 541 g/mol. The first kappa shape index (κ1) is 33.6. The molecule has 0 N–H and O–H groups in total. The third-order valence-electron chi connectivity index (χ3n) is 8.38. The number of aryl methyl sites for hydroxylation is 3. The average molecular weight is 599 g/mol.